The maximum atomic E-state index is 12.4. The molecular formula is C13H14Cl2N2O3. The number of hydrogen-bond acceptors (Lipinski definition) is 5. The minimum Gasteiger partial charge on any atom is -0.462 e. The van der Waals surface area contributed by atoms with Gasteiger partial charge in [-0.1, -0.05) is 23.2 Å². The van der Waals surface area contributed by atoms with Gasteiger partial charge in [-0.2, -0.15) is 0 Å². The lowest BCUT2D eigenvalue weighted by Gasteiger charge is -2.11. The van der Waals surface area contributed by atoms with Crippen LogP contribution in [0, 0.1) is 0 Å². The molecule has 5 nitrogen and oxygen atoms in total. The molecule has 0 bridgehead atoms. The van der Waals surface area contributed by atoms with Crippen molar-refractivity contribution in [3.8, 4) is 0 Å². The zero-order chi connectivity index (χ0) is 15.3. The van der Waals surface area contributed by atoms with E-state index in [9.17, 15) is 9.59 Å². The summed E-state index contributed by atoms with van der Waals surface area (Å²) >= 11 is 11.8. The number of pyridine rings is 1. The standard InChI is InChI=1S/C13H14Cl2N2O3/c1-4-20-13(19)8(7-17(2)3)12(18)11-10(15)9(14)5-6-16-11/h5-7H,4H2,1-3H3. The third-order valence-electron chi connectivity index (χ3n) is 2.18. The van der Waals surface area contributed by atoms with Crippen molar-refractivity contribution in [1.82, 2.24) is 9.88 Å². The number of carbonyl (C=O) groups is 2. The molecule has 20 heavy (non-hydrogen) atoms. The Labute approximate surface area is 127 Å². The van der Waals surface area contributed by atoms with Crippen LogP contribution in [0.3, 0.4) is 0 Å². The Morgan fingerprint density at radius 3 is 2.60 bits per heavy atom. The average molecular weight is 317 g/mol. The van der Waals surface area contributed by atoms with Crippen molar-refractivity contribution in [3.63, 3.8) is 0 Å². The van der Waals surface area contributed by atoms with Crippen LogP contribution < -0.4 is 0 Å². The fraction of sp³-hybridized carbons (Fsp3) is 0.308. The lowest BCUT2D eigenvalue weighted by atomic mass is 10.1. The Kier molecular flexibility index (Phi) is 5.98. The van der Waals surface area contributed by atoms with Gasteiger partial charge in [-0.05, 0) is 13.0 Å². The Bertz CT molecular complexity index is 557. The van der Waals surface area contributed by atoms with Gasteiger partial charge in [0.1, 0.15) is 11.3 Å². The number of ether oxygens (including phenoxy) is 1. The van der Waals surface area contributed by atoms with E-state index < -0.39 is 11.8 Å². The largest absolute Gasteiger partial charge is 0.462 e. The van der Waals surface area contributed by atoms with Gasteiger partial charge in [-0.15, -0.1) is 0 Å². The molecule has 1 rings (SSSR count). The van der Waals surface area contributed by atoms with E-state index in [4.69, 9.17) is 27.9 Å². The molecule has 0 N–H and O–H groups in total. The second-order valence-corrected chi connectivity index (χ2v) is 4.80. The van der Waals surface area contributed by atoms with Crippen LogP contribution in [0.2, 0.25) is 10.0 Å². The Hall–Kier alpha value is -1.59. The van der Waals surface area contributed by atoms with Crippen LogP contribution in [-0.2, 0) is 9.53 Å². The van der Waals surface area contributed by atoms with E-state index in [2.05, 4.69) is 4.98 Å². The van der Waals surface area contributed by atoms with Crippen molar-refractivity contribution >= 4 is 35.0 Å². The van der Waals surface area contributed by atoms with Crippen molar-refractivity contribution in [3.05, 3.63) is 39.8 Å². The van der Waals surface area contributed by atoms with Gasteiger partial charge in [0.25, 0.3) is 0 Å². The molecule has 0 aliphatic heterocycles. The molecule has 0 aliphatic rings. The molecule has 1 aromatic rings. The summed E-state index contributed by atoms with van der Waals surface area (Å²) in [6.07, 6.45) is 2.71. The molecule has 1 heterocycles. The maximum absolute atomic E-state index is 12.4. The highest BCUT2D eigenvalue weighted by atomic mass is 35.5. The number of nitrogens with zero attached hydrogens (tertiary/aromatic N) is 2. The number of Topliss-reactive ketones (excluding diaryl/α,β-unsaturated/α-hetero) is 1. The van der Waals surface area contributed by atoms with Gasteiger partial charge >= 0.3 is 5.97 Å². The van der Waals surface area contributed by atoms with E-state index in [1.54, 1.807) is 25.9 Å². The zero-order valence-electron chi connectivity index (χ0n) is 11.3. The highest BCUT2D eigenvalue weighted by Gasteiger charge is 2.25. The normalized spacial score (nSPS) is 11.2. The number of hydrogen-bond donors (Lipinski definition) is 0. The summed E-state index contributed by atoms with van der Waals surface area (Å²) in [6.45, 7) is 1.81. The number of rotatable bonds is 5. The lowest BCUT2D eigenvalue weighted by molar-refractivity contribution is -0.138. The summed E-state index contributed by atoms with van der Waals surface area (Å²) in [5.41, 5.74) is -0.242. The van der Waals surface area contributed by atoms with Crippen LogP contribution in [-0.4, -0.2) is 42.3 Å². The topological polar surface area (TPSA) is 59.5 Å². The minimum atomic E-state index is -0.732. The third-order valence-corrected chi connectivity index (χ3v) is 2.98. The van der Waals surface area contributed by atoms with Gasteiger partial charge in [0.05, 0.1) is 16.7 Å². The molecule has 0 fully saturated rings. The smallest absolute Gasteiger partial charge is 0.343 e. The molecule has 0 spiro atoms. The number of esters is 1. The van der Waals surface area contributed by atoms with Crippen LogP contribution >= 0.6 is 23.2 Å². The number of carbonyl (C=O) groups excluding carboxylic acids is 2. The Balaban J connectivity index is 3.24. The number of halogens is 2. The molecule has 108 valence electrons. The fourth-order valence-corrected chi connectivity index (χ4v) is 1.72. The van der Waals surface area contributed by atoms with E-state index in [0.29, 0.717) is 0 Å². The number of aromatic nitrogens is 1. The van der Waals surface area contributed by atoms with Crippen LogP contribution in [0.4, 0.5) is 0 Å². The highest BCUT2D eigenvalue weighted by molar-refractivity contribution is 6.44. The summed E-state index contributed by atoms with van der Waals surface area (Å²) < 4.78 is 4.86. The fourth-order valence-electron chi connectivity index (χ4n) is 1.38. The second-order valence-electron chi connectivity index (χ2n) is 4.01. The molecule has 1 aromatic heterocycles. The minimum absolute atomic E-state index is 0.00752. The molecule has 7 heteroatoms. The van der Waals surface area contributed by atoms with Crippen molar-refractivity contribution in [2.75, 3.05) is 20.7 Å². The Morgan fingerprint density at radius 2 is 2.05 bits per heavy atom. The second kappa shape index (κ2) is 7.26. The predicted molar refractivity (Wildman–Crippen MR) is 77.0 cm³/mol. The van der Waals surface area contributed by atoms with Crippen LogP contribution in [0.1, 0.15) is 17.4 Å². The molecule has 0 aliphatic carbocycles. The van der Waals surface area contributed by atoms with Crippen LogP contribution in [0.5, 0.6) is 0 Å². The molecule has 0 saturated carbocycles. The van der Waals surface area contributed by atoms with Gasteiger partial charge in [-0.3, -0.25) is 9.78 Å². The molecule has 0 aromatic carbocycles. The van der Waals surface area contributed by atoms with Crippen molar-refractivity contribution < 1.29 is 14.3 Å². The SMILES string of the molecule is CCOC(=O)C(=CN(C)C)C(=O)c1nccc(Cl)c1Cl. The van der Waals surface area contributed by atoms with Gasteiger partial charge in [0, 0.05) is 26.5 Å². The first-order chi connectivity index (χ1) is 9.38. The molecular weight excluding hydrogens is 303 g/mol. The average Bonchev–Trinajstić information content (AvgIpc) is 2.38. The highest BCUT2D eigenvalue weighted by Crippen LogP contribution is 2.25. The first-order valence-electron chi connectivity index (χ1n) is 5.78. The van der Waals surface area contributed by atoms with E-state index in [0.717, 1.165) is 0 Å². The van der Waals surface area contributed by atoms with Crippen molar-refractivity contribution in [2.45, 2.75) is 6.92 Å². The monoisotopic (exact) mass is 316 g/mol. The summed E-state index contributed by atoms with van der Waals surface area (Å²) in [5, 5.41) is 0.200. The van der Waals surface area contributed by atoms with Crippen molar-refractivity contribution in [2.24, 2.45) is 0 Å². The predicted octanol–water partition coefficient (Wildman–Crippen LogP) is 2.58. The molecule has 0 radical (unpaired) electrons. The lowest BCUT2D eigenvalue weighted by Crippen LogP contribution is -2.20. The van der Waals surface area contributed by atoms with Gasteiger partial charge < -0.3 is 9.64 Å². The van der Waals surface area contributed by atoms with Crippen LogP contribution in [0.15, 0.2) is 24.0 Å². The van der Waals surface area contributed by atoms with E-state index >= 15 is 0 Å². The van der Waals surface area contributed by atoms with Gasteiger partial charge in [-0.25, -0.2) is 4.79 Å². The molecule has 0 saturated heterocycles. The summed E-state index contributed by atoms with van der Waals surface area (Å²) in [5.74, 6) is -1.37. The molecule has 0 amide bonds. The summed E-state index contributed by atoms with van der Waals surface area (Å²) in [6, 6.07) is 1.46. The first kappa shape index (κ1) is 16.5. The Morgan fingerprint density at radius 1 is 1.40 bits per heavy atom. The molecule has 0 atom stereocenters. The summed E-state index contributed by atoms with van der Waals surface area (Å²) in [4.78, 5) is 29.7. The maximum Gasteiger partial charge on any atom is 0.343 e. The van der Waals surface area contributed by atoms with Gasteiger partial charge in [0.2, 0.25) is 5.78 Å². The van der Waals surface area contributed by atoms with Crippen LogP contribution in [0.25, 0.3) is 0 Å². The number of ketones is 1. The first-order valence-corrected chi connectivity index (χ1v) is 6.54. The quantitative estimate of drug-likeness (QED) is 0.275. The summed E-state index contributed by atoms with van der Waals surface area (Å²) in [7, 11) is 3.36. The van der Waals surface area contributed by atoms with E-state index in [1.165, 1.54) is 18.5 Å². The third kappa shape index (κ3) is 3.95. The van der Waals surface area contributed by atoms with Crippen molar-refractivity contribution in [1.29, 1.82) is 0 Å². The van der Waals surface area contributed by atoms with E-state index in [1.807, 2.05) is 0 Å². The van der Waals surface area contributed by atoms with Gasteiger partial charge in [0.15, 0.2) is 0 Å². The molecule has 0 unspecified atom stereocenters. The van der Waals surface area contributed by atoms with E-state index in [-0.39, 0.29) is 27.9 Å². The zero-order valence-corrected chi connectivity index (χ0v) is 12.8.